The number of hydrogen-bond acceptors (Lipinski definition) is 6. The predicted molar refractivity (Wildman–Crippen MR) is 112 cm³/mol. The minimum atomic E-state index is -5.08. The summed E-state index contributed by atoms with van der Waals surface area (Å²) in [7, 11) is 1.69. The van der Waals surface area contributed by atoms with Crippen molar-refractivity contribution < 1.29 is 55.7 Å². The number of alkyl halides is 6. The van der Waals surface area contributed by atoms with Crippen LogP contribution in [0.2, 0.25) is 0 Å². The van der Waals surface area contributed by atoms with Gasteiger partial charge in [-0.15, -0.1) is 0 Å². The van der Waals surface area contributed by atoms with Gasteiger partial charge in [-0.3, -0.25) is 14.7 Å². The highest BCUT2D eigenvalue weighted by Crippen LogP contribution is 2.40. The average molecular weight is 531 g/mol. The molecule has 1 amide bonds. The number of rotatable bonds is 5. The summed E-state index contributed by atoms with van der Waals surface area (Å²) in [6.07, 6.45) is -3.33. The maximum atomic E-state index is 12.8. The van der Waals surface area contributed by atoms with Gasteiger partial charge in [-0.05, 0) is 37.4 Å². The molecule has 0 aliphatic carbocycles. The van der Waals surface area contributed by atoms with Gasteiger partial charge in [0.05, 0.1) is 12.0 Å². The molecule has 1 aromatic heterocycles. The summed E-state index contributed by atoms with van der Waals surface area (Å²) >= 11 is 0. The van der Waals surface area contributed by atoms with E-state index in [0.717, 1.165) is 52.0 Å². The first kappa shape index (κ1) is 31.1. The van der Waals surface area contributed by atoms with E-state index in [1.807, 2.05) is 17.2 Å². The molecule has 2 saturated heterocycles. The van der Waals surface area contributed by atoms with Crippen molar-refractivity contribution >= 4 is 17.8 Å². The molecule has 2 N–H and O–H groups in total. The standard InChI is InChI=1S/C17H25N3O2.2C2HF3O2/c1-22-11-10-20-9-6-17(16(20)21)5-3-8-19(14-17)13-15-4-2-7-18-12-15;2*3-2(4,5)1(6)7/h2,4,7,12H,3,5-6,8-11,13-14H2,1H3;2*(H,6,7). The number of halogens is 6. The number of pyridine rings is 1. The molecule has 1 aromatic rings. The number of aliphatic carboxylic acids is 2. The fraction of sp³-hybridized carbons (Fsp3) is 0.619. The van der Waals surface area contributed by atoms with Crippen LogP contribution in [0.5, 0.6) is 0 Å². The Morgan fingerprint density at radius 3 is 2.14 bits per heavy atom. The molecule has 2 aliphatic rings. The van der Waals surface area contributed by atoms with Gasteiger partial charge in [-0.25, -0.2) is 9.59 Å². The van der Waals surface area contributed by atoms with Crippen molar-refractivity contribution in [2.24, 2.45) is 5.41 Å². The zero-order valence-electron chi connectivity index (χ0n) is 19.3. The molecule has 1 spiro atoms. The zero-order chi connectivity index (χ0) is 27.6. The first-order chi connectivity index (χ1) is 16.6. The number of likely N-dealkylation sites (tertiary alicyclic amines) is 2. The Morgan fingerprint density at radius 2 is 1.67 bits per heavy atom. The van der Waals surface area contributed by atoms with Crippen molar-refractivity contribution in [2.75, 3.05) is 39.9 Å². The fourth-order valence-electron chi connectivity index (χ4n) is 3.80. The number of carboxylic acids is 2. The number of ether oxygens (including phenoxy) is 1. The third-order valence-corrected chi connectivity index (χ3v) is 5.44. The number of amides is 1. The third kappa shape index (κ3) is 9.97. The van der Waals surface area contributed by atoms with E-state index in [-0.39, 0.29) is 5.41 Å². The number of hydrogen-bond donors (Lipinski definition) is 2. The molecule has 1 atom stereocenters. The van der Waals surface area contributed by atoms with Gasteiger partial charge < -0.3 is 19.8 Å². The maximum Gasteiger partial charge on any atom is 0.490 e. The number of carboxylic acid groups (broad SMARTS) is 2. The summed E-state index contributed by atoms with van der Waals surface area (Å²) < 4.78 is 68.6. The summed E-state index contributed by atoms with van der Waals surface area (Å²) in [6, 6.07) is 4.08. The van der Waals surface area contributed by atoms with E-state index in [0.29, 0.717) is 12.5 Å². The van der Waals surface area contributed by atoms with E-state index in [9.17, 15) is 31.1 Å². The molecule has 36 heavy (non-hydrogen) atoms. The maximum absolute atomic E-state index is 12.8. The van der Waals surface area contributed by atoms with Crippen molar-refractivity contribution in [3.05, 3.63) is 30.1 Å². The lowest BCUT2D eigenvalue weighted by atomic mass is 9.78. The Balaban J connectivity index is 0.000000383. The van der Waals surface area contributed by atoms with E-state index in [2.05, 4.69) is 16.0 Å². The first-order valence-corrected chi connectivity index (χ1v) is 10.6. The van der Waals surface area contributed by atoms with Crippen LogP contribution in [0.4, 0.5) is 26.3 Å². The Bertz CT molecular complexity index is 844. The number of piperidine rings is 1. The number of methoxy groups -OCH3 is 1. The molecule has 2 aliphatic heterocycles. The summed E-state index contributed by atoms with van der Waals surface area (Å²) in [5, 5.41) is 14.2. The van der Waals surface area contributed by atoms with Gasteiger partial charge in [0.25, 0.3) is 0 Å². The van der Waals surface area contributed by atoms with Crippen molar-refractivity contribution in [1.82, 2.24) is 14.8 Å². The monoisotopic (exact) mass is 531 g/mol. The van der Waals surface area contributed by atoms with Crippen LogP contribution in [0.15, 0.2) is 24.5 Å². The topological polar surface area (TPSA) is 120 Å². The van der Waals surface area contributed by atoms with Crippen molar-refractivity contribution in [3.63, 3.8) is 0 Å². The molecule has 3 heterocycles. The van der Waals surface area contributed by atoms with E-state index < -0.39 is 24.3 Å². The first-order valence-electron chi connectivity index (χ1n) is 10.6. The van der Waals surface area contributed by atoms with Crippen LogP contribution in [-0.4, -0.2) is 95.1 Å². The van der Waals surface area contributed by atoms with Gasteiger partial charge in [0.1, 0.15) is 0 Å². The predicted octanol–water partition coefficient (Wildman–Crippen LogP) is 2.81. The lowest BCUT2D eigenvalue weighted by molar-refractivity contribution is -0.193. The van der Waals surface area contributed by atoms with Crippen LogP contribution in [0.25, 0.3) is 0 Å². The SMILES string of the molecule is COCCN1CCC2(CCCN(Cc3cccnc3)C2)C1=O.O=C(O)C(F)(F)F.O=C(O)C(F)(F)F. The lowest BCUT2D eigenvalue weighted by Gasteiger charge is -2.39. The van der Waals surface area contributed by atoms with Gasteiger partial charge in [-0.1, -0.05) is 6.07 Å². The number of carbonyl (C=O) groups excluding carboxylic acids is 1. The molecular formula is C21H27F6N3O6. The van der Waals surface area contributed by atoms with Crippen LogP contribution >= 0.6 is 0 Å². The summed E-state index contributed by atoms with van der Waals surface area (Å²) in [5.74, 6) is -5.18. The molecular weight excluding hydrogens is 504 g/mol. The van der Waals surface area contributed by atoms with Crippen molar-refractivity contribution in [1.29, 1.82) is 0 Å². The van der Waals surface area contributed by atoms with Crippen LogP contribution in [0, 0.1) is 5.41 Å². The Hall–Kier alpha value is -2.94. The quantitative estimate of drug-likeness (QED) is 0.557. The summed E-state index contributed by atoms with van der Waals surface area (Å²) in [5.41, 5.74) is 1.06. The van der Waals surface area contributed by atoms with Gasteiger partial charge in [-0.2, -0.15) is 26.3 Å². The minimum absolute atomic E-state index is 0.159. The molecule has 9 nitrogen and oxygen atoms in total. The zero-order valence-corrected chi connectivity index (χ0v) is 19.3. The van der Waals surface area contributed by atoms with Gasteiger partial charge >= 0.3 is 24.3 Å². The van der Waals surface area contributed by atoms with Crippen LogP contribution in [0.3, 0.4) is 0 Å². The third-order valence-electron chi connectivity index (χ3n) is 5.44. The van der Waals surface area contributed by atoms with Gasteiger partial charge in [0.2, 0.25) is 5.91 Å². The van der Waals surface area contributed by atoms with E-state index in [1.54, 1.807) is 13.3 Å². The fourth-order valence-corrected chi connectivity index (χ4v) is 3.80. The second-order valence-corrected chi connectivity index (χ2v) is 8.10. The second kappa shape index (κ2) is 13.4. The van der Waals surface area contributed by atoms with E-state index in [1.165, 1.54) is 5.56 Å². The highest BCUT2D eigenvalue weighted by molar-refractivity contribution is 5.85. The molecule has 0 saturated carbocycles. The summed E-state index contributed by atoms with van der Waals surface area (Å²) in [6.45, 7) is 5.07. The molecule has 15 heteroatoms. The van der Waals surface area contributed by atoms with Crippen molar-refractivity contribution in [3.8, 4) is 0 Å². The summed E-state index contributed by atoms with van der Waals surface area (Å²) in [4.78, 5) is 39.2. The van der Waals surface area contributed by atoms with Crippen LogP contribution in [0.1, 0.15) is 24.8 Å². The average Bonchev–Trinajstić information content (AvgIpc) is 3.07. The number of aromatic nitrogens is 1. The largest absolute Gasteiger partial charge is 0.490 e. The van der Waals surface area contributed by atoms with Crippen LogP contribution < -0.4 is 0 Å². The van der Waals surface area contributed by atoms with Crippen LogP contribution in [-0.2, 0) is 25.7 Å². The van der Waals surface area contributed by atoms with Gasteiger partial charge in [0.15, 0.2) is 0 Å². The molecule has 204 valence electrons. The Kier molecular flexibility index (Phi) is 11.6. The highest BCUT2D eigenvalue weighted by atomic mass is 19.4. The number of carbonyl (C=O) groups is 3. The Labute approximate surface area is 202 Å². The molecule has 0 bridgehead atoms. The molecule has 0 radical (unpaired) electrons. The molecule has 1 unspecified atom stereocenters. The van der Waals surface area contributed by atoms with E-state index >= 15 is 0 Å². The smallest absolute Gasteiger partial charge is 0.475 e. The van der Waals surface area contributed by atoms with Crippen molar-refractivity contribution in [2.45, 2.75) is 38.2 Å². The molecule has 0 aromatic carbocycles. The lowest BCUT2D eigenvalue weighted by Crippen LogP contribution is -2.47. The molecule has 3 rings (SSSR count). The normalized spacial score (nSPS) is 20.3. The Morgan fingerprint density at radius 1 is 1.08 bits per heavy atom. The van der Waals surface area contributed by atoms with Gasteiger partial charge in [0, 0.05) is 45.7 Å². The van der Waals surface area contributed by atoms with E-state index in [4.69, 9.17) is 24.5 Å². The minimum Gasteiger partial charge on any atom is -0.475 e. The number of nitrogens with zero attached hydrogens (tertiary/aromatic N) is 3. The molecule has 2 fully saturated rings. The second-order valence-electron chi connectivity index (χ2n) is 8.10. The highest BCUT2D eigenvalue weighted by Gasteiger charge is 2.48.